The van der Waals surface area contributed by atoms with Crippen molar-refractivity contribution < 1.29 is 4.74 Å². The number of halogens is 1. The smallest absolute Gasteiger partial charge is 0.123 e. The van der Waals surface area contributed by atoms with Gasteiger partial charge in [0.05, 0.1) is 7.11 Å². The van der Waals surface area contributed by atoms with Crippen molar-refractivity contribution in [2.75, 3.05) is 34.8 Å². The van der Waals surface area contributed by atoms with E-state index in [1.54, 1.807) is 7.11 Å². The van der Waals surface area contributed by atoms with Crippen molar-refractivity contribution in [3.8, 4) is 5.75 Å². The van der Waals surface area contributed by atoms with E-state index in [-0.39, 0.29) is 0 Å². The molecule has 1 unspecified atom stereocenters. The molecule has 0 saturated carbocycles. The Balaban J connectivity index is 3.02. The van der Waals surface area contributed by atoms with Gasteiger partial charge in [-0.05, 0) is 52.3 Å². The summed E-state index contributed by atoms with van der Waals surface area (Å²) >= 11 is 3.52. The van der Waals surface area contributed by atoms with Crippen molar-refractivity contribution in [3.63, 3.8) is 0 Å². The summed E-state index contributed by atoms with van der Waals surface area (Å²) in [4.78, 5) is 2.22. The molecule has 0 saturated heterocycles. The number of nitrogens with zero attached hydrogens (tertiary/aromatic N) is 1. The van der Waals surface area contributed by atoms with E-state index in [2.05, 4.69) is 46.3 Å². The Morgan fingerprint density at radius 1 is 1.41 bits per heavy atom. The summed E-state index contributed by atoms with van der Waals surface area (Å²) in [6, 6.07) is 6.51. The number of ether oxygens (including phenoxy) is 1. The van der Waals surface area contributed by atoms with Gasteiger partial charge < -0.3 is 15.0 Å². The minimum Gasteiger partial charge on any atom is -0.496 e. The summed E-state index contributed by atoms with van der Waals surface area (Å²) in [5.41, 5.74) is 1.22. The quantitative estimate of drug-likeness (QED) is 0.874. The van der Waals surface area contributed by atoms with Gasteiger partial charge in [0.25, 0.3) is 0 Å². The molecular weight excluding hydrogens is 280 g/mol. The van der Waals surface area contributed by atoms with Gasteiger partial charge in [0.1, 0.15) is 5.75 Å². The third kappa shape index (κ3) is 3.98. The summed E-state index contributed by atoms with van der Waals surface area (Å²) in [6.45, 7) is 0.985. The van der Waals surface area contributed by atoms with Crippen molar-refractivity contribution in [1.82, 2.24) is 10.2 Å². The molecule has 1 rings (SSSR count). The number of methoxy groups -OCH3 is 1. The predicted molar refractivity (Wildman–Crippen MR) is 75.7 cm³/mol. The average Bonchev–Trinajstić information content (AvgIpc) is 2.29. The van der Waals surface area contributed by atoms with E-state index in [1.165, 1.54) is 5.56 Å². The number of benzene rings is 1. The molecule has 0 radical (unpaired) electrons. The van der Waals surface area contributed by atoms with Crippen LogP contribution in [-0.4, -0.2) is 39.7 Å². The lowest BCUT2D eigenvalue weighted by molar-refractivity contribution is 0.273. The van der Waals surface area contributed by atoms with E-state index < -0.39 is 0 Å². The number of rotatable bonds is 6. The third-order valence-electron chi connectivity index (χ3n) is 2.84. The van der Waals surface area contributed by atoms with Crippen LogP contribution in [0, 0.1) is 0 Å². The van der Waals surface area contributed by atoms with Gasteiger partial charge in [-0.3, -0.25) is 0 Å². The van der Waals surface area contributed by atoms with Gasteiger partial charge in [-0.15, -0.1) is 0 Å². The zero-order valence-corrected chi connectivity index (χ0v) is 12.5. The fraction of sp³-hybridized carbons (Fsp3) is 0.538. The first-order chi connectivity index (χ1) is 8.10. The third-order valence-corrected chi connectivity index (χ3v) is 3.34. The first kappa shape index (κ1) is 14.5. The van der Waals surface area contributed by atoms with Crippen LogP contribution in [0.3, 0.4) is 0 Å². The highest BCUT2D eigenvalue weighted by Gasteiger charge is 2.18. The van der Waals surface area contributed by atoms with Gasteiger partial charge in [-0.25, -0.2) is 0 Å². The zero-order chi connectivity index (χ0) is 12.8. The Hall–Kier alpha value is -0.580. The van der Waals surface area contributed by atoms with Crippen molar-refractivity contribution in [1.29, 1.82) is 0 Å². The monoisotopic (exact) mass is 300 g/mol. The molecule has 1 aromatic carbocycles. The predicted octanol–water partition coefficient (Wildman–Crippen LogP) is 2.67. The lowest BCUT2D eigenvalue weighted by Crippen LogP contribution is -2.24. The number of hydrogen-bond acceptors (Lipinski definition) is 3. The van der Waals surface area contributed by atoms with Crippen LogP contribution in [0.1, 0.15) is 18.0 Å². The topological polar surface area (TPSA) is 24.5 Å². The molecule has 1 atom stereocenters. The zero-order valence-electron chi connectivity index (χ0n) is 11.0. The highest BCUT2D eigenvalue weighted by molar-refractivity contribution is 9.10. The molecule has 0 aliphatic rings. The van der Waals surface area contributed by atoms with Crippen LogP contribution >= 0.6 is 15.9 Å². The molecular formula is C13H21BrN2O. The Kier molecular flexibility index (Phi) is 5.95. The molecule has 1 aromatic rings. The largest absolute Gasteiger partial charge is 0.496 e. The molecule has 0 heterocycles. The van der Waals surface area contributed by atoms with Crippen LogP contribution in [0.2, 0.25) is 0 Å². The summed E-state index contributed by atoms with van der Waals surface area (Å²) in [5.74, 6) is 0.947. The molecule has 0 amide bonds. The minimum absolute atomic E-state index is 0.356. The van der Waals surface area contributed by atoms with Gasteiger partial charge in [-0.2, -0.15) is 0 Å². The standard InChI is InChI=1S/C13H21BrN2O/c1-15-8-7-12(16(2)3)11-9-10(14)5-6-13(11)17-4/h5-6,9,12,15H,7-8H2,1-4H3. The van der Waals surface area contributed by atoms with Crippen LogP contribution in [-0.2, 0) is 0 Å². The second-order valence-electron chi connectivity index (χ2n) is 4.26. The van der Waals surface area contributed by atoms with E-state index in [0.717, 1.165) is 23.2 Å². The molecule has 0 aliphatic carbocycles. The maximum absolute atomic E-state index is 5.44. The molecule has 0 aliphatic heterocycles. The minimum atomic E-state index is 0.356. The van der Waals surface area contributed by atoms with Crippen LogP contribution in [0.25, 0.3) is 0 Å². The molecule has 0 spiro atoms. The van der Waals surface area contributed by atoms with Crippen molar-refractivity contribution in [3.05, 3.63) is 28.2 Å². The van der Waals surface area contributed by atoms with Crippen LogP contribution in [0.4, 0.5) is 0 Å². The van der Waals surface area contributed by atoms with Gasteiger partial charge in [0.15, 0.2) is 0 Å². The van der Waals surface area contributed by atoms with E-state index >= 15 is 0 Å². The fourth-order valence-electron chi connectivity index (χ4n) is 1.94. The van der Waals surface area contributed by atoms with Gasteiger partial charge >= 0.3 is 0 Å². The Morgan fingerprint density at radius 2 is 2.12 bits per heavy atom. The van der Waals surface area contributed by atoms with Crippen molar-refractivity contribution in [2.45, 2.75) is 12.5 Å². The van der Waals surface area contributed by atoms with Crippen molar-refractivity contribution >= 4 is 15.9 Å². The van der Waals surface area contributed by atoms with Crippen molar-refractivity contribution in [2.24, 2.45) is 0 Å². The van der Waals surface area contributed by atoms with Crippen LogP contribution < -0.4 is 10.1 Å². The van der Waals surface area contributed by atoms with E-state index in [4.69, 9.17) is 4.74 Å². The molecule has 1 N–H and O–H groups in total. The second-order valence-corrected chi connectivity index (χ2v) is 5.17. The Morgan fingerprint density at radius 3 is 2.65 bits per heavy atom. The molecule has 96 valence electrons. The molecule has 17 heavy (non-hydrogen) atoms. The summed E-state index contributed by atoms with van der Waals surface area (Å²) in [5, 5.41) is 3.20. The number of hydrogen-bond donors (Lipinski definition) is 1. The average molecular weight is 301 g/mol. The highest BCUT2D eigenvalue weighted by Crippen LogP contribution is 2.32. The van der Waals surface area contributed by atoms with Gasteiger partial charge in [0, 0.05) is 16.1 Å². The second kappa shape index (κ2) is 6.99. The maximum Gasteiger partial charge on any atom is 0.123 e. The molecule has 0 fully saturated rings. The Bertz CT molecular complexity index is 355. The van der Waals surface area contributed by atoms with Crippen LogP contribution in [0.15, 0.2) is 22.7 Å². The van der Waals surface area contributed by atoms with E-state index in [0.29, 0.717) is 6.04 Å². The lowest BCUT2D eigenvalue weighted by Gasteiger charge is -2.26. The SMILES string of the molecule is CNCCC(c1cc(Br)ccc1OC)N(C)C. The maximum atomic E-state index is 5.44. The number of nitrogens with one attached hydrogen (secondary N) is 1. The van der Waals surface area contributed by atoms with E-state index in [9.17, 15) is 0 Å². The fourth-order valence-corrected chi connectivity index (χ4v) is 2.32. The first-order valence-electron chi connectivity index (χ1n) is 5.74. The molecule has 3 nitrogen and oxygen atoms in total. The molecule has 0 bridgehead atoms. The summed E-state index contributed by atoms with van der Waals surface area (Å²) < 4.78 is 6.53. The van der Waals surface area contributed by atoms with E-state index in [1.807, 2.05) is 19.2 Å². The molecule has 4 heteroatoms. The van der Waals surface area contributed by atoms with Gasteiger partial charge in [-0.1, -0.05) is 15.9 Å². The summed E-state index contributed by atoms with van der Waals surface area (Å²) in [6.07, 6.45) is 1.05. The van der Waals surface area contributed by atoms with Gasteiger partial charge in [0.2, 0.25) is 0 Å². The Labute approximate surface area is 112 Å². The van der Waals surface area contributed by atoms with Crippen LogP contribution in [0.5, 0.6) is 5.75 Å². The lowest BCUT2D eigenvalue weighted by atomic mass is 10.0. The first-order valence-corrected chi connectivity index (χ1v) is 6.54. The highest BCUT2D eigenvalue weighted by atomic mass is 79.9. The summed E-state index contributed by atoms with van der Waals surface area (Å²) in [7, 11) is 7.89. The molecule has 0 aromatic heterocycles. The normalized spacial score (nSPS) is 12.8.